The van der Waals surface area contributed by atoms with E-state index in [-0.39, 0.29) is 17.8 Å². The van der Waals surface area contributed by atoms with Gasteiger partial charge in [-0.2, -0.15) is 9.78 Å². The zero-order chi connectivity index (χ0) is 20.9. The van der Waals surface area contributed by atoms with Crippen molar-refractivity contribution in [1.82, 2.24) is 14.8 Å². The summed E-state index contributed by atoms with van der Waals surface area (Å²) >= 11 is 0. The van der Waals surface area contributed by atoms with Crippen molar-refractivity contribution in [3.05, 3.63) is 59.9 Å². The third-order valence-electron chi connectivity index (χ3n) is 4.19. The first-order valence-electron chi connectivity index (χ1n) is 9.38. The van der Waals surface area contributed by atoms with Crippen LogP contribution in [-0.2, 0) is 21.8 Å². The van der Waals surface area contributed by atoms with Crippen molar-refractivity contribution in [2.24, 2.45) is 10.2 Å². The second kappa shape index (κ2) is 8.93. The second-order valence-electron chi connectivity index (χ2n) is 7.42. The normalized spacial score (nSPS) is 12.0. The number of hydrogen-bond acceptors (Lipinski definition) is 7. The Kier molecular flexibility index (Phi) is 6.36. The lowest BCUT2D eigenvalue weighted by Gasteiger charge is -2.19. The van der Waals surface area contributed by atoms with E-state index in [1.54, 1.807) is 23.1 Å². The molecule has 2 aromatic heterocycles. The molecule has 1 N–H and O–H groups in total. The van der Waals surface area contributed by atoms with Gasteiger partial charge >= 0.3 is 0 Å². The third-order valence-corrected chi connectivity index (χ3v) is 4.19. The maximum Gasteiger partial charge on any atom is 0.185 e. The Labute approximate surface area is 169 Å². The van der Waals surface area contributed by atoms with E-state index in [4.69, 9.17) is 9.78 Å². The first-order chi connectivity index (χ1) is 13.9. The highest BCUT2D eigenvalue weighted by molar-refractivity contribution is 5.54. The molecule has 1 aromatic carbocycles. The van der Waals surface area contributed by atoms with Crippen LogP contribution in [0.4, 0.5) is 11.5 Å². The van der Waals surface area contributed by atoms with Gasteiger partial charge in [-0.15, -0.1) is 10.2 Å². The summed E-state index contributed by atoms with van der Waals surface area (Å²) in [5.41, 5.74) is 2.02. The summed E-state index contributed by atoms with van der Waals surface area (Å²) in [4.78, 5) is 14.5. The predicted molar refractivity (Wildman–Crippen MR) is 109 cm³/mol. The largest absolute Gasteiger partial charge is 0.506 e. The average Bonchev–Trinajstić information content (AvgIpc) is 3.10. The van der Waals surface area contributed by atoms with Crippen LogP contribution in [0.15, 0.2) is 59.0 Å². The van der Waals surface area contributed by atoms with Gasteiger partial charge in [0.25, 0.3) is 0 Å². The molecule has 0 aliphatic carbocycles. The fourth-order valence-electron chi connectivity index (χ4n) is 2.59. The summed E-state index contributed by atoms with van der Waals surface area (Å²) in [6, 6.07) is 10.8. The van der Waals surface area contributed by atoms with Gasteiger partial charge in [0, 0.05) is 11.8 Å². The number of aromatic nitrogens is 3. The minimum atomic E-state index is -0.0792. The molecule has 152 valence electrons. The van der Waals surface area contributed by atoms with E-state index < -0.39 is 0 Å². The minimum absolute atomic E-state index is 0.0535. The van der Waals surface area contributed by atoms with Crippen LogP contribution in [0.1, 0.15) is 38.8 Å². The molecular weight excluding hydrogens is 370 g/mol. The molecule has 0 radical (unpaired) electrons. The van der Waals surface area contributed by atoms with Gasteiger partial charge < -0.3 is 5.11 Å². The molecule has 0 saturated carbocycles. The van der Waals surface area contributed by atoms with Gasteiger partial charge in [0.05, 0.1) is 12.8 Å². The Hall–Kier alpha value is -3.10. The maximum atomic E-state index is 10.2. The number of phenols is 1. The quantitative estimate of drug-likeness (QED) is 0.258. The molecule has 0 fully saturated rings. The highest BCUT2D eigenvalue weighted by Crippen LogP contribution is 2.34. The molecule has 3 rings (SSSR count). The Morgan fingerprint density at radius 2 is 1.93 bits per heavy atom. The second-order valence-corrected chi connectivity index (χ2v) is 7.42. The lowest BCUT2D eigenvalue weighted by Crippen LogP contribution is -2.10. The highest BCUT2D eigenvalue weighted by Gasteiger charge is 2.17. The van der Waals surface area contributed by atoms with Crippen molar-refractivity contribution in [3.63, 3.8) is 0 Å². The lowest BCUT2D eigenvalue weighted by atomic mass is 9.87. The van der Waals surface area contributed by atoms with Gasteiger partial charge in [-0.1, -0.05) is 32.9 Å². The molecule has 0 spiro atoms. The fraction of sp³-hybridized carbons (Fsp3) is 0.333. The van der Waals surface area contributed by atoms with Crippen LogP contribution in [0, 0.1) is 0 Å². The van der Waals surface area contributed by atoms with Crippen LogP contribution >= 0.6 is 0 Å². The topological polar surface area (TPSA) is 94.1 Å². The van der Waals surface area contributed by atoms with E-state index >= 15 is 0 Å². The number of azo groups is 1. The van der Waals surface area contributed by atoms with Crippen LogP contribution in [0.3, 0.4) is 0 Å². The van der Waals surface area contributed by atoms with E-state index in [9.17, 15) is 5.11 Å². The number of hydrogen-bond donors (Lipinski definition) is 1. The van der Waals surface area contributed by atoms with E-state index in [0.29, 0.717) is 29.5 Å². The molecule has 8 heteroatoms. The summed E-state index contributed by atoms with van der Waals surface area (Å²) in [7, 11) is 0. The number of aromatic hydroxyl groups is 1. The summed E-state index contributed by atoms with van der Waals surface area (Å²) in [5, 5.41) is 23.2. The molecule has 8 nitrogen and oxygen atoms in total. The summed E-state index contributed by atoms with van der Waals surface area (Å²) < 4.78 is 1.57. The van der Waals surface area contributed by atoms with Gasteiger partial charge in [-0.25, -0.2) is 14.8 Å². The first kappa shape index (κ1) is 20.6. The van der Waals surface area contributed by atoms with Gasteiger partial charge in [0.15, 0.2) is 11.6 Å². The lowest BCUT2D eigenvalue weighted by molar-refractivity contribution is -0.300. The molecule has 0 saturated heterocycles. The fourth-order valence-corrected chi connectivity index (χ4v) is 2.59. The van der Waals surface area contributed by atoms with E-state index in [1.807, 2.05) is 37.3 Å². The maximum absolute atomic E-state index is 10.2. The summed E-state index contributed by atoms with van der Waals surface area (Å²) in [6.45, 7) is 8.71. The number of benzene rings is 1. The van der Waals surface area contributed by atoms with Crippen LogP contribution in [0.2, 0.25) is 0 Å². The van der Waals surface area contributed by atoms with Gasteiger partial charge in [0.1, 0.15) is 18.0 Å². The highest BCUT2D eigenvalue weighted by atomic mass is 17.2. The van der Waals surface area contributed by atoms with Crippen molar-refractivity contribution < 1.29 is 14.9 Å². The van der Waals surface area contributed by atoms with Crippen molar-refractivity contribution in [2.75, 3.05) is 6.61 Å². The van der Waals surface area contributed by atoms with Crippen molar-refractivity contribution in [3.8, 4) is 11.6 Å². The van der Waals surface area contributed by atoms with Crippen molar-refractivity contribution in [1.29, 1.82) is 0 Å². The van der Waals surface area contributed by atoms with Crippen LogP contribution in [0.5, 0.6) is 5.75 Å². The molecule has 0 aliphatic rings. The van der Waals surface area contributed by atoms with Gasteiger partial charge in [-0.3, -0.25) is 0 Å². The average molecular weight is 395 g/mol. The van der Waals surface area contributed by atoms with Crippen molar-refractivity contribution in [2.45, 2.75) is 39.7 Å². The third kappa shape index (κ3) is 5.04. The number of rotatable bonds is 7. The molecule has 0 unspecified atom stereocenters. The number of phenolic OH excluding ortho intramolecular Hbond substituents is 1. The first-order valence-corrected chi connectivity index (χ1v) is 9.38. The molecular formula is C21H25N5O3. The molecule has 0 amide bonds. The zero-order valence-electron chi connectivity index (χ0n) is 17.0. The summed E-state index contributed by atoms with van der Waals surface area (Å²) in [6.07, 6.45) is 3.31. The Morgan fingerprint density at radius 3 is 2.62 bits per heavy atom. The van der Waals surface area contributed by atoms with Crippen LogP contribution in [-0.4, -0.2) is 26.5 Å². The summed E-state index contributed by atoms with van der Waals surface area (Å²) in [5.74, 6) is 1.10. The van der Waals surface area contributed by atoms with Crippen LogP contribution < -0.4 is 0 Å². The smallest absolute Gasteiger partial charge is 0.185 e. The van der Waals surface area contributed by atoms with Gasteiger partial charge in [-0.05, 0) is 42.2 Å². The molecule has 29 heavy (non-hydrogen) atoms. The predicted octanol–water partition coefficient (Wildman–Crippen LogP) is 5.15. The standard InChI is InChI=1S/C21H25N5O3/c1-5-28-29-14-15-13-23-26(19-8-6-7-11-22-19)20(15)25-24-17-12-16(21(2,3)4)9-10-18(17)27/h6-13,27H,5,14H2,1-4H3. The van der Waals surface area contributed by atoms with Crippen LogP contribution in [0.25, 0.3) is 5.82 Å². The monoisotopic (exact) mass is 395 g/mol. The number of pyridine rings is 1. The molecule has 2 heterocycles. The van der Waals surface area contributed by atoms with E-state index in [2.05, 4.69) is 41.1 Å². The Bertz CT molecular complexity index is 978. The Balaban J connectivity index is 1.99. The number of nitrogens with zero attached hydrogens (tertiary/aromatic N) is 5. The Morgan fingerprint density at radius 1 is 1.10 bits per heavy atom. The SMILES string of the molecule is CCOOCc1cnn(-c2ccccn2)c1N=Nc1cc(C(C)(C)C)ccc1O. The minimum Gasteiger partial charge on any atom is -0.506 e. The molecule has 0 bridgehead atoms. The zero-order valence-corrected chi connectivity index (χ0v) is 17.0. The van der Waals surface area contributed by atoms with E-state index in [1.165, 1.54) is 0 Å². The molecule has 0 aliphatic heterocycles. The molecule has 3 aromatic rings. The van der Waals surface area contributed by atoms with E-state index in [0.717, 1.165) is 5.56 Å². The molecule has 0 atom stereocenters. The van der Waals surface area contributed by atoms with Gasteiger partial charge in [0.2, 0.25) is 0 Å². The van der Waals surface area contributed by atoms with Crippen molar-refractivity contribution >= 4 is 11.5 Å².